The van der Waals surface area contributed by atoms with Crippen LogP contribution in [-0.2, 0) is 6.42 Å². The van der Waals surface area contributed by atoms with Crippen LogP contribution >= 0.6 is 27.3 Å². The average Bonchev–Trinajstić information content (AvgIpc) is 2.75. The van der Waals surface area contributed by atoms with Gasteiger partial charge < -0.3 is 10.6 Å². The van der Waals surface area contributed by atoms with Crippen LogP contribution in [0.5, 0.6) is 0 Å². The van der Waals surface area contributed by atoms with Gasteiger partial charge in [-0.05, 0) is 52.7 Å². The van der Waals surface area contributed by atoms with E-state index in [1.54, 1.807) is 17.4 Å². The van der Waals surface area contributed by atoms with E-state index in [1.165, 1.54) is 17.0 Å². The molecule has 5 heteroatoms. The Morgan fingerprint density at radius 1 is 1.33 bits per heavy atom. The molecule has 2 aromatic rings. The van der Waals surface area contributed by atoms with E-state index in [0.717, 1.165) is 22.4 Å². The molecule has 2 N–H and O–H groups in total. The summed E-state index contributed by atoms with van der Waals surface area (Å²) in [5, 5.41) is 0. The second-order valence-corrected chi connectivity index (χ2v) is 6.63. The van der Waals surface area contributed by atoms with E-state index >= 15 is 0 Å². The molecule has 0 amide bonds. The molecule has 0 spiro atoms. The molecule has 0 atom stereocenters. The number of nitrogens with zero attached hydrogens (tertiary/aromatic N) is 1. The molecule has 96 valence electrons. The normalized spacial score (nSPS) is 10.6. The minimum atomic E-state index is -0.259. The maximum absolute atomic E-state index is 13.2. The molecular weight excluding hydrogens is 315 g/mol. The van der Waals surface area contributed by atoms with Gasteiger partial charge in [0, 0.05) is 18.5 Å². The van der Waals surface area contributed by atoms with E-state index in [4.69, 9.17) is 5.73 Å². The summed E-state index contributed by atoms with van der Waals surface area (Å²) in [5.41, 5.74) is 7.19. The number of halogens is 2. The Hall–Kier alpha value is -1.07. The van der Waals surface area contributed by atoms with Crippen molar-refractivity contribution in [2.45, 2.75) is 6.42 Å². The largest absolute Gasteiger partial charge is 0.397 e. The van der Waals surface area contributed by atoms with E-state index in [1.807, 2.05) is 18.0 Å². The Labute approximate surface area is 118 Å². The quantitative estimate of drug-likeness (QED) is 0.862. The highest BCUT2D eigenvalue weighted by atomic mass is 79.9. The topological polar surface area (TPSA) is 29.3 Å². The third kappa shape index (κ3) is 3.23. The van der Waals surface area contributed by atoms with Gasteiger partial charge in [0.25, 0.3) is 0 Å². The fraction of sp³-hybridized carbons (Fsp3) is 0.231. The maximum Gasteiger partial charge on any atom is 0.125 e. The van der Waals surface area contributed by atoms with Crippen molar-refractivity contribution in [3.8, 4) is 0 Å². The SMILES string of the molecule is CN(CCc1ccc(Br)s1)c1cc(F)ccc1N. The number of likely N-dealkylation sites (N-methyl/N-ethyl adjacent to an activating group) is 1. The van der Waals surface area contributed by atoms with Gasteiger partial charge in [-0.1, -0.05) is 0 Å². The lowest BCUT2D eigenvalue weighted by Gasteiger charge is -2.20. The first-order valence-corrected chi connectivity index (χ1v) is 7.17. The van der Waals surface area contributed by atoms with Gasteiger partial charge in [0.1, 0.15) is 5.82 Å². The highest BCUT2D eigenvalue weighted by Crippen LogP contribution is 2.25. The average molecular weight is 329 g/mol. The molecule has 0 fully saturated rings. The van der Waals surface area contributed by atoms with Crippen molar-refractivity contribution in [3.05, 3.63) is 44.8 Å². The Morgan fingerprint density at radius 2 is 2.11 bits per heavy atom. The molecular formula is C13H14BrFN2S. The molecule has 1 aromatic carbocycles. The van der Waals surface area contributed by atoms with E-state index in [9.17, 15) is 4.39 Å². The van der Waals surface area contributed by atoms with Crippen LogP contribution in [-0.4, -0.2) is 13.6 Å². The molecule has 2 rings (SSSR count). The first kappa shape index (κ1) is 13.4. The van der Waals surface area contributed by atoms with E-state index in [-0.39, 0.29) is 5.82 Å². The van der Waals surface area contributed by atoms with E-state index < -0.39 is 0 Å². The lowest BCUT2D eigenvalue weighted by atomic mass is 10.2. The van der Waals surface area contributed by atoms with Gasteiger partial charge in [-0.15, -0.1) is 11.3 Å². The molecule has 18 heavy (non-hydrogen) atoms. The van der Waals surface area contributed by atoms with Crippen molar-refractivity contribution in [1.82, 2.24) is 0 Å². The molecule has 0 saturated carbocycles. The third-order valence-electron chi connectivity index (χ3n) is 2.73. The summed E-state index contributed by atoms with van der Waals surface area (Å²) in [4.78, 5) is 3.27. The summed E-state index contributed by atoms with van der Waals surface area (Å²) in [6, 6.07) is 8.58. The van der Waals surface area contributed by atoms with Crippen molar-refractivity contribution < 1.29 is 4.39 Å². The molecule has 0 aliphatic heterocycles. The van der Waals surface area contributed by atoms with E-state index in [0.29, 0.717) is 5.69 Å². The molecule has 0 saturated heterocycles. The number of rotatable bonds is 4. The second-order valence-electron chi connectivity index (χ2n) is 4.08. The van der Waals surface area contributed by atoms with Gasteiger partial charge >= 0.3 is 0 Å². The van der Waals surface area contributed by atoms with Crippen LogP contribution in [0.25, 0.3) is 0 Å². The first-order valence-electron chi connectivity index (χ1n) is 5.56. The molecule has 0 aliphatic rings. The molecule has 0 radical (unpaired) electrons. The lowest BCUT2D eigenvalue weighted by molar-refractivity contribution is 0.627. The van der Waals surface area contributed by atoms with Crippen LogP contribution in [0.1, 0.15) is 4.88 Å². The van der Waals surface area contributed by atoms with Crippen LogP contribution in [0.15, 0.2) is 34.1 Å². The van der Waals surface area contributed by atoms with Crippen molar-refractivity contribution >= 4 is 38.6 Å². The zero-order valence-corrected chi connectivity index (χ0v) is 12.4. The fourth-order valence-corrected chi connectivity index (χ4v) is 3.20. The summed E-state index contributed by atoms with van der Waals surface area (Å²) >= 11 is 5.16. The van der Waals surface area contributed by atoms with Gasteiger partial charge in [-0.3, -0.25) is 0 Å². The number of hydrogen-bond donors (Lipinski definition) is 1. The minimum Gasteiger partial charge on any atom is -0.397 e. The van der Waals surface area contributed by atoms with Gasteiger partial charge in [-0.25, -0.2) is 4.39 Å². The van der Waals surface area contributed by atoms with E-state index in [2.05, 4.69) is 22.0 Å². The monoisotopic (exact) mass is 328 g/mol. The van der Waals surface area contributed by atoms with Crippen molar-refractivity contribution in [2.24, 2.45) is 0 Å². The van der Waals surface area contributed by atoms with Gasteiger partial charge in [0.2, 0.25) is 0 Å². The molecule has 1 aromatic heterocycles. The standard InChI is InChI=1S/C13H14BrFN2S/c1-17(7-6-10-3-5-13(14)18-10)12-8-9(15)2-4-11(12)16/h2-5,8H,6-7,16H2,1H3. The number of benzene rings is 1. The van der Waals surface area contributed by atoms with Crippen molar-refractivity contribution in [3.63, 3.8) is 0 Å². The smallest absolute Gasteiger partial charge is 0.125 e. The fourth-order valence-electron chi connectivity index (χ4n) is 1.73. The van der Waals surface area contributed by atoms with Crippen LogP contribution in [0.3, 0.4) is 0 Å². The number of anilines is 2. The molecule has 0 aliphatic carbocycles. The molecule has 2 nitrogen and oxygen atoms in total. The number of thiophene rings is 1. The molecule has 0 unspecified atom stereocenters. The number of nitrogens with two attached hydrogens (primary N) is 1. The lowest BCUT2D eigenvalue weighted by Crippen LogP contribution is -2.21. The molecule has 0 bridgehead atoms. The van der Waals surface area contributed by atoms with Gasteiger partial charge in [-0.2, -0.15) is 0 Å². The Bertz CT molecular complexity index is 542. The van der Waals surface area contributed by atoms with Crippen molar-refractivity contribution in [2.75, 3.05) is 24.2 Å². The van der Waals surface area contributed by atoms with Crippen LogP contribution in [0, 0.1) is 5.82 Å². The second kappa shape index (κ2) is 5.71. The predicted octanol–water partition coefficient (Wildman–Crippen LogP) is 3.91. The third-order valence-corrected chi connectivity index (χ3v) is 4.41. The van der Waals surface area contributed by atoms with Crippen LogP contribution < -0.4 is 10.6 Å². The number of nitrogen functional groups attached to an aromatic ring is 1. The summed E-state index contributed by atoms with van der Waals surface area (Å²) in [6.45, 7) is 0.806. The molecule has 1 heterocycles. The maximum atomic E-state index is 13.2. The Kier molecular flexibility index (Phi) is 4.24. The Morgan fingerprint density at radius 3 is 2.78 bits per heavy atom. The first-order chi connectivity index (χ1) is 8.56. The predicted molar refractivity (Wildman–Crippen MR) is 79.8 cm³/mol. The van der Waals surface area contributed by atoms with Crippen molar-refractivity contribution in [1.29, 1.82) is 0 Å². The van der Waals surface area contributed by atoms with Gasteiger partial charge in [0.15, 0.2) is 0 Å². The summed E-state index contributed by atoms with van der Waals surface area (Å²) in [7, 11) is 1.92. The van der Waals surface area contributed by atoms with Gasteiger partial charge in [0.05, 0.1) is 15.2 Å². The highest BCUT2D eigenvalue weighted by Gasteiger charge is 2.07. The highest BCUT2D eigenvalue weighted by molar-refractivity contribution is 9.11. The summed E-state index contributed by atoms with van der Waals surface area (Å²) in [5.74, 6) is -0.259. The zero-order valence-electron chi connectivity index (χ0n) is 9.99. The number of hydrogen-bond acceptors (Lipinski definition) is 3. The van der Waals surface area contributed by atoms with Crippen LogP contribution in [0.4, 0.5) is 15.8 Å². The summed E-state index contributed by atoms with van der Waals surface area (Å²) in [6.07, 6.45) is 0.919. The minimum absolute atomic E-state index is 0.259. The summed E-state index contributed by atoms with van der Waals surface area (Å²) < 4.78 is 14.3. The zero-order chi connectivity index (χ0) is 13.1. The van der Waals surface area contributed by atoms with Crippen LogP contribution in [0.2, 0.25) is 0 Å². The Balaban J connectivity index is 2.03.